The van der Waals surface area contributed by atoms with Gasteiger partial charge >= 0.3 is 55.8 Å². The number of aromatic nitrogens is 11. The number of aliphatic hydroxyl groups is 6. The van der Waals surface area contributed by atoms with Gasteiger partial charge in [-0.2, -0.15) is 21.6 Å². The van der Waals surface area contributed by atoms with Crippen LogP contribution in [0.15, 0.2) is 52.2 Å². The van der Waals surface area contributed by atoms with Crippen molar-refractivity contribution in [3.63, 3.8) is 0 Å². The van der Waals surface area contributed by atoms with E-state index in [0.717, 1.165) is 0 Å². The van der Waals surface area contributed by atoms with E-state index in [9.17, 15) is 85.1 Å². The molecular weight excluding hydrogens is 1510 g/mol. The first-order valence-electron chi connectivity index (χ1n) is 32.9. The summed E-state index contributed by atoms with van der Waals surface area (Å²) in [6, 6.07) is -2.47. The molecular formula is C57H96F3N14O26P3SSi+2. The third-order valence-corrected chi connectivity index (χ3v) is 27.4. The van der Waals surface area contributed by atoms with Crippen LogP contribution in [0.4, 0.5) is 18.0 Å². The van der Waals surface area contributed by atoms with Gasteiger partial charge in [0.2, 0.25) is 11.0 Å². The average Bonchev–Trinajstić information content (AvgIpc) is 1.60. The molecule has 40 nitrogen and oxygen atoms in total. The number of likely N-dealkylation sites (tertiary alicyclic amines) is 1. The minimum atomic E-state index is -5.80. The molecule has 9 heterocycles. The van der Waals surface area contributed by atoms with Crippen molar-refractivity contribution in [1.82, 2.24) is 60.4 Å². The molecule has 0 radical (unpaired) electrons. The van der Waals surface area contributed by atoms with Gasteiger partial charge in [-0.25, -0.2) is 18.9 Å². The number of ether oxygens (including phenoxy) is 3. The minimum Gasteiger partial charge on any atom is -0.444 e. The predicted molar refractivity (Wildman–Crippen MR) is 367 cm³/mol. The SMILES string of the molecule is CC(C)(C)OC(=O)N1[C@H](CO[Si](C)(C)C(C)(C)C)[C@@H](O)[C@@H](O)[C@@H]1c1c[nH]c2c(=O)[nH]cnc12.CCOP(=O)(COS(=O)(=O)C(F)(F)F)OCC.CCOP(=O)(CO[C@@H]1[C@H](O)[C@@H](O)N[C@H]1[n+]1c[nH]c2c(=O)[nH]cnc21)OCC.CCOP(=O)(CO[C@H]1[C@@H](O)[C@H]([n+]2c[nH]c3c(=O)[nH]cnc32)N[C@@H]1CO)OCC. The summed E-state index contributed by atoms with van der Waals surface area (Å²) in [7, 11) is -19.0. The zero-order chi connectivity index (χ0) is 78.6. The number of fused-ring (bicyclic) bond motifs is 3. The van der Waals surface area contributed by atoms with Gasteiger partial charge in [0, 0.05) is 11.8 Å². The summed E-state index contributed by atoms with van der Waals surface area (Å²) in [5.74, 6) is 0. The molecule has 0 unspecified atom stereocenters. The fraction of sp³-hybridized carbons (Fsp3) is 0.702. The highest BCUT2D eigenvalue weighted by Crippen LogP contribution is 2.51. The highest BCUT2D eigenvalue weighted by Gasteiger charge is 2.55. The number of hydrogen-bond acceptors (Lipinski definition) is 31. The van der Waals surface area contributed by atoms with Crippen molar-refractivity contribution in [3.8, 4) is 0 Å². The highest BCUT2D eigenvalue weighted by atomic mass is 32.2. The molecule has 12 atom stereocenters. The summed E-state index contributed by atoms with van der Waals surface area (Å²) >= 11 is 0. The Morgan fingerprint density at radius 2 is 1.06 bits per heavy atom. The van der Waals surface area contributed by atoms with Gasteiger partial charge in [-0.1, -0.05) is 30.7 Å². The van der Waals surface area contributed by atoms with Crippen LogP contribution in [-0.2, 0) is 73.8 Å². The van der Waals surface area contributed by atoms with Gasteiger partial charge in [0.05, 0.1) is 77.3 Å². The van der Waals surface area contributed by atoms with Crippen LogP contribution < -0.4 is 36.4 Å². The number of hydrogen-bond donors (Lipinski definition) is 14. The van der Waals surface area contributed by atoms with Crippen LogP contribution in [0, 0.1) is 0 Å². The number of aromatic amines is 6. The zero-order valence-electron chi connectivity index (χ0n) is 60.1. The van der Waals surface area contributed by atoms with E-state index >= 15 is 0 Å². The first kappa shape index (κ1) is 88.2. The Morgan fingerprint density at radius 3 is 1.50 bits per heavy atom. The molecule has 14 N–H and O–H groups in total. The van der Waals surface area contributed by atoms with E-state index in [1.165, 1.54) is 61.1 Å². The van der Waals surface area contributed by atoms with Crippen molar-refractivity contribution in [2.24, 2.45) is 0 Å². The van der Waals surface area contributed by atoms with Gasteiger partial charge in [0.15, 0.2) is 52.3 Å². The van der Waals surface area contributed by atoms with Crippen LogP contribution in [0.5, 0.6) is 0 Å². The molecule has 3 aliphatic rings. The van der Waals surface area contributed by atoms with Crippen LogP contribution in [-0.4, -0.2) is 241 Å². The van der Waals surface area contributed by atoms with Crippen molar-refractivity contribution >= 4 is 80.7 Å². The summed E-state index contributed by atoms with van der Waals surface area (Å²) in [6.07, 6.45) is -4.25. The number of amides is 1. The first-order chi connectivity index (χ1) is 49.0. The average molecular weight is 1600 g/mol. The molecule has 0 bridgehead atoms. The van der Waals surface area contributed by atoms with E-state index in [2.05, 4.69) is 103 Å². The molecule has 594 valence electrons. The van der Waals surface area contributed by atoms with Crippen molar-refractivity contribution < 1.29 is 130 Å². The van der Waals surface area contributed by atoms with Gasteiger partial charge in [-0.15, -0.1) is 0 Å². The summed E-state index contributed by atoms with van der Waals surface area (Å²) in [4.78, 5) is 78.9. The Morgan fingerprint density at radius 1 is 0.610 bits per heavy atom. The number of rotatable bonds is 28. The van der Waals surface area contributed by atoms with Crippen LogP contribution >= 0.6 is 22.8 Å². The molecule has 3 fully saturated rings. The van der Waals surface area contributed by atoms with E-state index in [-0.39, 0.29) is 97.5 Å². The second kappa shape index (κ2) is 36.7. The summed E-state index contributed by atoms with van der Waals surface area (Å²) < 4.78 is 153. The number of carbonyl (C=O) groups excluding carboxylic acids is 1. The molecule has 9 rings (SSSR count). The van der Waals surface area contributed by atoms with E-state index in [0.29, 0.717) is 22.4 Å². The third-order valence-electron chi connectivity index (χ3n) is 16.4. The Bertz CT molecular complexity index is 4260. The maximum absolute atomic E-state index is 13.3. The lowest BCUT2D eigenvalue weighted by atomic mass is 10.0. The predicted octanol–water partition coefficient (Wildman–Crippen LogP) is 2.63. The van der Waals surface area contributed by atoms with E-state index < -0.39 is 144 Å². The normalized spacial score (nSPS) is 23.5. The number of nitrogens with one attached hydrogen (secondary N) is 8. The molecule has 0 spiro atoms. The van der Waals surface area contributed by atoms with Crippen molar-refractivity contribution in [2.75, 3.05) is 71.9 Å². The summed E-state index contributed by atoms with van der Waals surface area (Å²) in [5.41, 5.74) is -5.41. The maximum Gasteiger partial charge on any atom is 0.523 e. The maximum atomic E-state index is 13.3. The molecule has 6 aromatic rings. The molecule has 6 aromatic heterocycles. The molecule has 1 amide bonds. The van der Waals surface area contributed by atoms with Gasteiger partial charge in [0.1, 0.15) is 72.2 Å². The Kier molecular flexibility index (Phi) is 30.8. The van der Waals surface area contributed by atoms with Gasteiger partial charge in [-0.3, -0.25) is 67.7 Å². The fourth-order valence-electron chi connectivity index (χ4n) is 10.7. The number of imidazole rings is 2. The molecule has 105 heavy (non-hydrogen) atoms. The van der Waals surface area contributed by atoms with E-state index in [1.54, 1.807) is 53.0 Å². The van der Waals surface area contributed by atoms with Crippen molar-refractivity contribution in [2.45, 2.75) is 186 Å². The number of nitrogens with zero attached hydrogens (tertiary/aromatic N) is 6. The number of carbonyl (C=O) groups is 1. The second-order valence-corrected chi connectivity index (χ2v) is 38.2. The first-order valence-corrected chi connectivity index (χ1v) is 42.4. The van der Waals surface area contributed by atoms with Crippen LogP contribution in [0.1, 0.15) is 107 Å². The lowest BCUT2D eigenvalue weighted by Gasteiger charge is -2.39. The van der Waals surface area contributed by atoms with Crippen LogP contribution in [0.25, 0.3) is 33.4 Å². The Balaban J connectivity index is 0.000000225. The zero-order valence-corrected chi connectivity index (χ0v) is 64.6. The van der Waals surface area contributed by atoms with Gasteiger partial charge < -0.3 is 86.4 Å². The summed E-state index contributed by atoms with van der Waals surface area (Å²) in [6.45, 7) is 25.4. The van der Waals surface area contributed by atoms with Crippen LogP contribution in [0.3, 0.4) is 0 Å². The molecule has 3 aliphatic heterocycles. The largest absolute Gasteiger partial charge is 0.523 e. The third kappa shape index (κ3) is 21.6. The van der Waals surface area contributed by atoms with Gasteiger partial charge in [0.25, 0.3) is 16.7 Å². The second-order valence-electron chi connectivity index (χ2n) is 25.8. The Hall–Kier alpha value is -5.68. The van der Waals surface area contributed by atoms with Crippen molar-refractivity contribution in [3.05, 3.63) is 74.5 Å². The molecule has 3 saturated heterocycles. The Labute approximate surface area is 600 Å². The molecule has 0 aliphatic carbocycles. The molecule has 0 saturated carbocycles. The van der Waals surface area contributed by atoms with E-state index in [1.807, 2.05) is 0 Å². The fourth-order valence-corrected chi connectivity index (χ4v) is 16.6. The van der Waals surface area contributed by atoms with E-state index in [4.69, 9.17) is 36.7 Å². The molecule has 0 aromatic carbocycles. The number of aliphatic hydroxyl groups excluding tert-OH is 6. The topological polar surface area (TPSA) is 545 Å². The standard InChI is InChI=1S/C22H36N4O6Si.C15H24N5O7P.C14H22N5O7P.C6H12F3O6PS/c1-21(2,3)32-20(30)26-13(10-31-33(7,8)22(4,5)6)17(27)18(28)16(26)12-9-23-15-14(12)24-11-25-19(15)29;1-3-26-28(24,27-4-2)8-25-12-9(5-21)19-14(11(12)22)20-7-18-10-13(20)16-6-17-15(10)23;1-3-25-27(23,26-4-2)7-24-10-9(20)14(22)18-12(10)19-6-17-8-11(19)15-5-16-13(8)21;1-3-13-16(10,14-4-2)5-15-17(11,12)6(7,8)9/h9,11,13,16-18,23,27-28H,10H2,1-8H3,(H,24,25,29);6-7,9,11-12,14,19,21-22H,3-5,8H2,1-2H3,(H,16,17,23);5-6,9-10,12,14,18,20,22H,3-4,7H2,1-2H3,(H,15,16,21);3-5H2,1-2H3/p+2/t13-,16+,17-,18+;9-,11-,12-,14+;9-,10+,12-,14+;/m110./s1. The minimum absolute atomic E-state index is 0.0425. The number of H-pyrrole nitrogens is 6. The monoisotopic (exact) mass is 1600 g/mol. The van der Waals surface area contributed by atoms with Crippen LogP contribution in [0.2, 0.25) is 18.1 Å². The lowest BCUT2D eigenvalue weighted by molar-refractivity contribution is -0.711. The van der Waals surface area contributed by atoms with Gasteiger partial charge in [-0.05, 0) is 80.4 Å². The smallest absolute Gasteiger partial charge is 0.444 e. The number of halogens is 3. The van der Waals surface area contributed by atoms with Crippen molar-refractivity contribution in [1.29, 1.82) is 0 Å². The highest BCUT2D eigenvalue weighted by molar-refractivity contribution is 7.87. The quantitative estimate of drug-likeness (QED) is 0.0110. The summed E-state index contributed by atoms with van der Waals surface area (Å²) in [5, 5.41) is 68.6. The molecule has 48 heteroatoms. The number of alkyl halides is 3. The lowest BCUT2D eigenvalue weighted by Crippen LogP contribution is -2.51.